The molecule has 0 spiro atoms. The average molecular weight is 306 g/mol. The topological polar surface area (TPSA) is 126 Å². The van der Waals surface area contributed by atoms with Crippen molar-refractivity contribution in [1.82, 2.24) is 4.57 Å². The van der Waals surface area contributed by atoms with E-state index in [1.54, 1.807) is 12.1 Å². The second kappa shape index (κ2) is 7.84. The standard InChI is InChI=1S/C11H14N2O.C4H4O4/c1-8(12)7-13-5-4-9-2-3-10(14)6-11(9)13;5-3(6)1-2-4(7)8/h2-6,8,14H,7,12H2,1H3;1-2H,(H,5,6)(H,7,8)/b;2-1+. The molecule has 1 unspecified atom stereocenters. The van der Waals surface area contributed by atoms with E-state index in [1.165, 1.54) is 0 Å². The molecule has 0 fully saturated rings. The summed E-state index contributed by atoms with van der Waals surface area (Å²) in [6.45, 7) is 2.74. The lowest BCUT2D eigenvalue weighted by molar-refractivity contribution is -0.134. The normalized spacial score (nSPS) is 11.9. The van der Waals surface area contributed by atoms with Crippen molar-refractivity contribution in [3.8, 4) is 5.75 Å². The number of fused-ring (bicyclic) bond motifs is 1. The summed E-state index contributed by atoms with van der Waals surface area (Å²) >= 11 is 0. The van der Waals surface area contributed by atoms with Gasteiger partial charge in [-0.25, -0.2) is 9.59 Å². The first kappa shape index (κ1) is 17.3. The molecule has 5 N–H and O–H groups in total. The molecule has 0 saturated heterocycles. The molecule has 0 radical (unpaired) electrons. The maximum atomic E-state index is 9.55. The van der Waals surface area contributed by atoms with Crippen LogP contribution in [0.25, 0.3) is 10.9 Å². The maximum Gasteiger partial charge on any atom is 0.328 e. The summed E-state index contributed by atoms with van der Waals surface area (Å²) in [7, 11) is 0. The Balaban J connectivity index is 0.000000261. The van der Waals surface area contributed by atoms with Gasteiger partial charge in [0.15, 0.2) is 0 Å². The van der Waals surface area contributed by atoms with E-state index in [1.807, 2.05) is 25.3 Å². The predicted octanol–water partition coefficient (Wildman–Crippen LogP) is 1.41. The summed E-state index contributed by atoms with van der Waals surface area (Å²) in [4.78, 5) is 19.1. The fourth-order valence-electron chi connectivity index (χ4n) is 1.78. The van der Waals surface area contributed by atoms with E-state index < -0.39 is 11.9 Å². The quantitative estimate of drug-likeness (QED) is 0.633. The van der Waals surface area contributed by atoms with Crippen molar-refractivity contribution < 1.29 is 24.9 Å². The molecule has 2 aromatic rings. The van der Waals surface area contributed by atoms with E-state index in [4.69, 9.17) is 15.9 Å². The minimum absolute atomic E-state index is 0.118. The van der Waals surface area contributed by atoms with E-state index in [-0.39, 0.29) is 6.04 Å². The van der Waals surface area contributed by atoms with Crippen LogP contribution >= 0.6 is 0 Å². The fourth-order valence-corrected chi connectivity index (χ4v) is 1.78. The number of phenolic OH excluding ortho intramolecular Hbond substituents is 1. The van der Waals surface area contributed by atoms with Crippen LogP contribution in [0.5, 0.6) is 5.75 Å². The Kier molecular flexibility index (Phi) is 6.15. The van der Waals surface area contributed by atoms with Crippen molar-refractivity contribution in [3.63, 3.8) is 0 Å². The average Bonchev–Trinajstić information content (AvgIpc) is 2.79. The van der Waals surface area contributed by atoms with Crippen LogP contribution in [0.2, 0.25) is 0 Å². The Bertz CT molecular complexity index is 672. The van der Waals surface area contributed by atoms with Gasteiger partial charge in [0.1, 0.15) is 5.75 Å². The number of hydrogen-bond donors (Lipinski definition) is 4. The van der Waals surface area contributed by atoms with E-state index in [9.17, 15) is 14.7 Å². The number of aliphatic carboxylic acids is 2. The molecule has 22 heavy (non-hydrogen) atoms. The highest BCUT2D eigenvalue weighted by Crippen LogP contribution is 2.20. The maximum absolute atomic E-state index is 9.55. The summed E-state index contributed by atoms with van der Waals surface area (Å²) in [5.74, 6) is -2.22. The molecule has 0 bridgehead atoms. The summed E-state index contributed by atoms with van der Waals surface area (Å²) in [5, 5.41) is 26.1. The van der Waals surface area contributed by atoms with Crippen molar-refractivity contribution in [2.75, 3.05) is 0 Å². The Morgan fingerprint density at radius 1 is 1.23 bits per heavy atom. The van der Waals surface area contributed by atoms with Crippen LogP contribution in [0.1, 0.15) is 6.92 Å². The predicted molar refractivity (Wildman–Crippen MR) is 81.7 cm³/mol. The number of nitrogens with two attached hydrogens (primary N) is 1. The molecule has 1 heterocycles. The molecule has 0 amide bonds. The lowest BCUT2D eigenvalue weighted by Gasteiger charge is -2.08. The molecular formula is C15H18N2O5. The van der Waals surface area contributed by atoms with Gasteiger partial charge in [-0.3, -0.25) is 0 Å². The van der Waals surface area contributed by atoms with Crippen LogP contribution < -0.4 is 5.73 Å². The van der Waals surface area contributed by atoms with Gasteiger partial charge in [-0.05, 0) is 30.5 Å². The second-order valence-electron chi connectivity index (χ2n) is 4.70. The van der Waals surface area contributed by atoms with Crippen molar-refractivity contribution >= 4 is 22.8 Å². The zero-order chi connectivity index (χ0) is 16.7. The van der Waals surface area contributed by atoms with Crippen LogP contribution in [0, 0.1) is 0 Å². The Labute approximate surface area is 126 Å². The monoisotopic (exact) mass is 306 g/mol. The van der Waals surface area contributed by atoms with Gasteiger partial charge in [0.05, 0.1) is 5.52 Å². The highest BCUT2D eigenvalue weighted by atomic mass is 16.4. The SMILES string of the molecule is CC(N)Cn1ccc2ccc(O)cc21.O=C(O)/C=C/C(=O)O. The molecule has 0 aliphatic rings. The summed E-state index contributed by atoms with van der Waals surface area (Å²) in [5.41, 5.74) is 6.76. The third-order valence-electron chi connectivity index (χ3n) is 2.61. The van der Waals surface area contributed by atoms with E-state index in [2.05, 4.69) is 4.57 Å². The van der Waals surface area contributed by atoms with Gasteiger partial charge in [0.25, 0.3) is 0 Å². The summed E-state index contributed by atoms with van der Waals surface area (Å²) < 4.78 is 2.06. The van der Waals surface area contributed by atoms with Gasteiger partial charge in [-0.1, -0.05) is 0 Å². The van der Waals surface area contributed by atoms with Gasteiger partial charge >= 0.3 is 11.9 Å². The third kappa shape index (κ3) is 5.68. The van der Waals surface area contributed by atoms with Gasteiger partial charge in [0.2, 0.25) is 0 Å². The molecule has 0 aliphatic heterocycles. The van der Waals surface area contributed by atoms with E-state index >= 15 is 0 Å². The van der Waals surface area contributed by atoms with Gasteiger partial charge in [-0.15, -0.1) is 0 Å². The van der Waals surface area contributed by atoms with Gasteiger partial charge in [0, 0.05) is 37.0 Å². The molecular weight excluding hydrogens is 288 g/mol. The first-order valence-corrected chi connectivity index (χ1v) is 6.47. The smallest absolute Gasteiger partial charge is 0.328 e. The molecule has 0 saturated carbocycles. The van der Waals surface area contributed by atoms with Crippen LogP contribution in [0.4, 0.5) is 0 Å². The highest BCUT2D eigenvalue weighted by Gasteiger charge is 2.03. The van der Waals surface area contributed by atoms with Crippen LogP contribution in [0.15, 0.2) is 42.6 Å². The number of nitrogens with zero attached hydrogens (tertiary/aromatic N) is 1. The fraction of sp³-hybridized carbons (Fsp3) is 0.200. The summed E-state index contributed by atoms with van der Waals surface area (Å²) in [6, 6.07) is 7.50. The number of hydrogen-bond acceptors (Lipinski definition) is 4. The number of carbonyl (C=O) groups is 2. The number of rotatable bonds is 4. The van der Waals surface area contributed by atoms with Crippen molar-refractivity contribution in [2.45, 2.75) is 19.5 Å². The van der Waals surface area contributed by atoms with Crippen LogP contribution in [-0.2, 0) is 16.1 Å². The zero-order valence-electron chi connectivity index (χ0n) is 12.0. The first-order valence-electron chi connectivity index (χ1n) is 6.47. The molecule has 7 nitrogen and oxygen atoms in total. The van der Waals surface area contributed by atoms with E-state index in [0.717, 1.165) is 17.4 Å². The molecule has 7 heteroatoms. The zero-order valence-corrected chi connectivity index (χ0v) is 12.0. The van der Waals surface area contributed by atoms with Crippen molar-refractivity contribution in [1.29, 1.82) is 0 Å². The highest BCUT2D eigenvalue weighted by molar-refractivity contribution is 5.89. The molecule has 1 atom stereocenters. The molecule has 118 valence electrons. The summed E-state index contributed by atoms with van der Waals surface area (Å²) in [6.07, 6.45) is 3.11. The largest absolute Gasteiger partial charge is 0.508 e. The minimum Gasteiger partial charge on any atom is -0.508 e. The lowest BCUT2D eigenvalue weighted by Crippen LogP contribution is -2.21. The Hall–Kier alpha value is -2.80. The Morgan fingerprint density at radius 2 is 1.82 bits per heavy atom. The number of aromatic hydroxyl groups is 1. The van der Waals surface area contributed by atoms with Crippen molar-refractivity contribution in [2.24, 2.45) is 5.73 Å². The van der Waals surface area contributed by atoms with Crippen molar-refractivity contribution in [3.05, 3.63) is 42.6 Å². The van der Waals surface area contributed by atoms with Gasteiger partial charge in [-0.2, -0.15) is 0 Å². The first-order chi connectivity index (χ1) is 10.3. The van der Waals surface area contributed by atoms with E-state index in [0.29, 0.717) is 17.9 Å². The second-order valence-corrected chi connectivity index (χ2v) is 4.70. The number of carboxylic acid groups (broad SMARTS) is 2. The lowest BCUT2D eigenvalue weighted by atomic mass is 10.2. The number of phenols is 1. The van der Waals surface area contributed by atoms with Crippen LogP contribution in [-0.4, -0.2) is 37.9 Å². The number of benzene rings is 1. The third-order valence-corrected chi connectivity index (χ3v) is 2.61. The number of carboxylic acids is 2. The minimum atomic E-state index is -1.26. The Morgan fingerprint density at radius 3 is 2.32 bits per heavy atom. The number of aromatic nitrogens is 1. The molecule has 1 aromatic heterocycles. The molecule has 2 rings (SSSR count). The van der Waals surface area contributed by atoms with Crippen LogP contribution in [0.3, 0.4) is 0 Å². The molecule has 1 aromatic carbocycles. The van der Waals surface area contributed by atoms with Gasteiger partial charge < -0.3 is 25.6 Å². The molecule has 0 aliphatic carbocycles.